The van der Waals surface area contributed by atoms with Crippen molar-refractivity contribution in [3.8, 4) is 12.5 Å². The maximum absolute atomic E-state index is 11.9. The van der Waals surface area contributed by atoms with Crippen molar-refractivity contribution in [2.75, 3.05) is 33.1 Å². The summed E-state index contributed by atoms with van der Waals surface area (Å²) in [5, 5.41) is 41.8. The van der Waals surface area contributed by atoms with Gasteiger partial charge >= 0.3 is 0 Å². The molecule has 10 nitrogen and oxygen atoms in total. The number of rotatable bonds is 6. The summed E-state index contributed by atoms with van der Waals surface area (Å²) in [6.07, 6.45) is 4.33. The Kier molecular flexibility index (Phi) is 7.32. The summed E-state index contributed by atoms with van der Waals surface area (Å²) < 4.78 is 24.6. The zero-order chi connectivity index (χ0) is 24.1. The van der Waals surface area contributed by atoms with Crippen LogP contribution in [-0.2, 0) is 18.9 Å². The smallest absolute Gasteiger partial charge is 0.250 e. The van der Waals surface area contributed by atoms with Gasteiger partial charge in [-0.15, -0.1) is 0 Å². The maximum Gasteiger partial charge on any atom is 0.250 e. The van der Waals surface area contributed by atoms with E-state index in [2.05, 4.69) is 16.7 Å². The van der Waals surface area contributed by atoms with Gasteiger partial charge in [-0.25, -0.2) is 0 Å². The van der Waals surface area contributed by atoms with Gasteiger partial charge in [-0.3, -0.25) is 0 Å². The summed E-state index contributed by atoms with van der Waals surface area (Å²) in [7, 11) is 5.32. The monoisotopic (exact) mass is 471 g/mol. The van der Waals surface area contributed by atoms with E-state index >= 15 is 0 Å². The van der Waals surface area contributed by atoms with E-state index in [0.717, 1.165) is 21.7 Å². The standard InChI is InChI=1S/C21H36N3O7.Al.2H/c1-9-28-16-13(23-6)14(25)15(24(7)8)18(3)19(16,4)30-17-21(27,31-18)20(26,11-22-5)10-12(2)29-17;;;/h1,12-17,22-23,25-27H,5,10-11H2,2-4,6-8H3;;;/t12-,13-,14+,15+,16+,17+,18-,19-,20-,21-;;;/m1.../s1. The molecule has 0 spiro atoms. The van der Waals surface area contributed by atoms with Gasteiger partial charge in [-0.2, -0.15) is 0 Å². The molecule has 1 saturated carbocycles. The van der Waals surface area contributed by atoms with Crippen LogP contribution in [0.15, 0.2) is 0 Å². The van der Waals surface area contributed by atoms with Crippen molar-refractivity contribution < 1.29 is 34.3 Å². The molecule has 3 aliphatic rings. The van der Waals surface area contributed by atoms with E-state index < -0.39 is 59.3 Å². The Morgan fingerprint density at radius 1 is 1.28 bits per heavy atom. The van der Waals surface area contributed by atoms with Gasteiger partial charge in [0, 0.05) is 13.0 Å². The number of aliphatic hydroxyl groups is 3. The molecular weight excluding hydrogens is 433 g/mol. The van der Waals surface area contributed by atoms with Gasteiger partial charge in [-0.1, -0.05) is 11.8 Å². The number of terminal acetylenes is 1. The average Bonchev–Trinajstić information content (AvgIpc) is 2.68. The number of aliphatic hydroxyl groups excluding tert-OH is 1. The molecule has 3 fully saturated rings. The fourth-order valence-electron chi connectivity index (χ4n) is 5.86. The summed E-state index contributed by atoms with van der Waals surface area (Å²) in [5.74, 6) is -2.20. The van der Waals surface area contributed by atoms with Gasteiger partial charge in [-0.05, 0) is 41.9 Å². The summed E-state index contributed by atoms with van der Waals surface area (Å²) >= 11 is 0.887. The molecule has 3 rings (SSSR count). The molecule has 0 radical (unpaired) electrons. The Morgan fingerprint density at radius 2 is 1.94 bits per heavy atom. The molecule has 2 aliphatic heterocycles. The Labute approximate surface area is 198 Å². The van der Waals surface area contributed by atoms with Crippen molar-refractivity contribution in [1.82, 2.24) is 15.5 Å². The molecule has 0 aromatic heterocycles. The summed E-state index contributed by atoms with van der Waals surface area (Å²) in [6.45, 7) is 5.43. The molecule has 182 valence electrons. The summed E-state index contributed by atoms with van der Waals surface area (Å²) in [4.78, 5) is 1.81. The fourth-order valence-corrected chi connectivity index (χ4v) is 6.11. The van der Waals surface area contributed by atoms with Crippen molar-refractivity contribution >= 4 is 16.3 Å². The first kappa shape index (κ1) is 26.1. The van der Waals surface area contributed by atoms with Crippen LogP contribution in [0.3, 0.4) is 0 Å². The van der Waals surface area contributed by atoms with Crippen LogP contribution in [0.25, 0.3) is 0 Å². The Bertz CT molecular complexity index is 741. The lowest BCUT2D eigenvalue weighted by molar-refractivity contribution is -0.521. The van der Waals surface area contributed by atoms with Crippen molar-refractivity contribution in [3.05, 3.63) is 0 Å². The lowest BCUT2D eigenvalue weighted by Gasteiger charge is -2.68. The Balaban J connectivity index is 2.17. The minimum absolute atomic E-state index is 0.103. The minimum atomic E-state index is -2.20. The van der Waals surface area contributed by atoms with E-state index in [1.807, 2.05) is 25.9 Å². The van der Waals surface area contributed by atoms with Crippen molar-refractivity contribution in [1.29, 1.82) is 0 Å². The topological polar surface area (TPSA) is 125 Å². The van der Waals surface area contributed by atoms with Crippen LogP contribution in [0.2, 0.25) is 0 Å². The van der Waals surface area contributed by atoms with E-state index in [4.69, 9.17) is 25.4 Å². The number of hydrogen-bond acceptors (Lipinski definition) is 10. The number of hydrogen-bond donors (Lipinski definition) is 5. The molecule has 10 atom stereocenters. The first-order chi connectivity index (χ1) is 14.8. The van der Waals surface area contributed by atoms with Gasteiger partial charge in [0.1, 0.15) is 22.9 Å². The number of ether oxygens (including phenoxy) is 4. The third kappa shape index (κ3) is 3.62. The van der Waals surface area contributed by atoms with Gasteiger partial charge in [0.05, 0.1) is 24.3 Å². The molecule has 0 bridgehead atoms. The number of likely N-dealkylation sites (N-methyl/N-ethyl adjacent to an activating group) is 2. The maximum atomic E-state index is 11.9. The second-order valence-electron chi connectivity index (χ2n) is 9.79. The third-order valence-corrected chi connectivity index (χ3v) is 8.05. The number of nitrogens with zero attached hydrogens (tertiary/aromatic N) is 1. The van der Waals surface area contributed by atoms with E-state index in [0.29, 0.717) is 0 Å². The molecule has 2 heterocycles. The van der Waals surface area contributed by atoms with Gasteiger partial charge < -0.3 is 49.8 Å². The second kappa shape index (κ2) is 8.95. The molecule has 0 aromatic rings. The van der Waals surface area contributed by atoms with Crippen LogP contribution >= 0.6 is 0 Å². The van der Waals surface area contributed by atoms with Crippen LogP contribution < -0.4 is 10.6 Å². The highest BCUT2D eigenvalue weighted by Gasteiger charge is 2.77. The highest BCUT2D eigenvalue weighted by molar-refractivity contribution is 6.08. The van der Waals surface area contributed by atoms with Crippen molar-refractivity contribution in [3.63, 3.8) is 0 Å². The minimum Gasteiger partial charge on any atom is -0.438 e. The zero-order valence-corrected chi connectivity index (χ0v) is 22.1. The molecule has 0 unspecified atom stereocenters. The van der Waals surface area contributed by atoms with Crippen molar-refractivity contribution in [2.24, 2.45) is 0 Å². The summed E-state index contributed by atoms with van der Waals surface area (Å²) in [6, 6.07) is -1.25. The van der Waals surface area contributed by atoms with Gasteiger partial charge in [0.15, 0.2) is 6.10 Å². The SMILES string of the molecule is C#CO[C@H]1[C@H](NC)[C@H](O)[C@H](N(C)C)[C@@]2(C)O[C@]3(O)[C@@H](O[C@H](C)C[C@@]3(O)CN[CH2][AlH2])O[C@]12C. The van der Waals surface area contributed by atoms with Gasteiger partial charge in [0.25, 0.3) is 0 Å². The summed E-state index contributed by atoms with van der Waals surface area (Å²) in [5.41, 5.74) is -4.30. The molecule has 2 saturated heterocycles. The van der Waals surface area contributed by atoms with Crippen LogP contribution in [0.4, 0.5) is 0 Å². The fraction of sp³-hybridized carbons (Fsp3) is 0.905. The second-order valence-corrected chi connectivity index (χ2v) is 10.5. The number of nitrogens with one attached hydrogen (secondary N) is 2. The predicted molar refractivity (Wildman–Crippen MR) is 119 cm³/mol. The first-order valence-corrected chi connectivity index (χ1v) is 12.6. The molecule has 0 aromatic carbocycles. The first-order valence-electron chi connectivity index (χ1n) is 11.2. The van der Waals surface area contributed by atoms with E-state index in [9.17, 15) is 15.3 Å². The lowest BCUT2D eigenvalue weighted by atomic mass is 9.63. The molecule has 1 aliphatic carbocycles. The largest absolute Gasteiger partial charge is 0.438 e. The Hall–Kier alpha value is -0.468. The van der Waals surface area contributed by atoms with E-state index in [-0.39, 0.29) is 13.0 Å². The number of fused-ring (bicyclic) bond motifs is 2. The Morgan fingerprint density at radius 3 is 2.47 bits per heavy atom. The predicted octanol–water partition coefficient (Wildman–Crippen LogP) is -2.85. The quantitative estimate of drug-likeness (QED) is 0.204. The van der Waals surface area contributed by atoms with E-state index in [1.54, 1.807) is 20.9 Å². The lowest BCUT2D eigenvalue weighted by Crippen LogP contribution is -2.88. The molecule has 11 heteroatoms. The average molecular weight is 472 g/mol. The van der Waals surface area contributed by atoms with Crippen molar-refractivity contribution in [2.45, 2.75) is 86.5 Å². The van der Waals surface area contributed by atoms with E-state index in [1.165, 1.54) is 0 Å². The normalized spacial score (nSPS) is 50.9. The molecule has 32 heavy (non-hydrogen) atoms. The van der Waals surface area contributed by atoms with Crippen LogP contribution in [0.1, 0.15) is 27.2 Å². The molecule has 5 N–H and O–H groups in total. The zero-order valence-electron chi connectivity index (χ0n) is 20.1. The highest BCUT2D eigenvalue weighted by Crippen LogP contribution is 2.56. The van der Waals surface area contributed by atoms with Crippen LogP contribution in [0.5, 0.6) is 0 Å². The highest BCUT2D eigenvalue weighted by atomic mass is 27.0. The van der Waals surface area contributed by atoms with Crippen LogP contribution in [-0.4, -0.2) is 129 Å². The third-order valence-electron chi connectivity index (χ3n) is 7.55. The van der Waals surface area contributed by atoms with Crippen LogP contribution in [0, 0.1) is 12.5 Å². The van der Waals surface area contributed by atoms with Gasteiger partial charge in [0.2, 0.25) is 28.4 Å². The molecule has 0 amide bonds. The molecular formula is C21H38AlN3O7.